The molecule has 8 nitrogen and oxygen atoms in total. The highest BCUT2D eigenvalue weighted by Crippen LogP contribution is 2.33. The first-order valence-electron chi connectivity index (χ1n) is 8.42. The molecule has 1 fully saturated rings. The predicted octanol–water partition coefficient (Wildman–Crippen LogP) is 3.10. The molecule has 0 aliphatic carbocycles. The Labute approximate surface area is 159 Å². The number of aromatic amines is 1. The molecule has 0 bridgehead atoms. The van der Waals surface area contributed by atoms with E-state index in [1.54, 1.807) is 29.8 Å². The first kappa shape index (κ1) is 17.1. The number of aromatic nitrogens is 3. The normalized spacial score (nSPS) is 17.2. The lowest BCUT2D eigenvalue weighted by molar-refractivity contribution is 0.405. The summed E-state index contributed by atoms with van der Waals surface area (Å²) in [6, 6.07) is 3.84. The van der Waals surface area contributed by atoms with Crippen molar-refractivity contribution in [2.75, 3.05) is 6.54 Å². The molecule has 4 heterocycles. The molecule has 0 spiro atoms. The van der Waals surface area contributed by atoms with Crippen molar-refractivity contribution in [3.8, 4) is 6.07 Å². The predicted molar refractivity (Wildman–Crippen MR) is 105 cm³/mol. The molecule has 0 radical (unpaired) electrons. The highest BCUT2D eigenvalue weighted by atomic mass is 32.1. The van der Waals surface area contributed by atoms with E-state index in [-0.39, 0.29) is 11.9 Å². The summed E-state index contributed by atoms with van der Waals surface area (Å²) in [7, 11) is 0. The van der Waals surface area contributed by atoms with Crippen molar-refractivity contribution < 1.29 is 0 Å². The zero-order chi connectivity index (χ0) is 18.8. The highest BCUT2D eigenvalue weighted by Gasteiger charge is 2.30. The Balaban J connectivity index is 1.68. The van der Waals surface area contributed by atoms with Crippen molar-refractivity contribution in [1.82, 2.24) is 19.9 Å². The van der Waals surface area contributed by atoms with Gasteiger partial charge >= 0.3 is 0 Å². The number of nitrogens with zero attached hydrogens (tertiary/aromatic N) is 5. The highest BCUT2D eigenvalue weighted by molar-refractivity contribution is 7.09. The fraction of sp³-hybridized carbons (Fsp3) is 0.222. The molecule has 1 aliphatic heterocycles. The Morgan fingerprint density at radius 2 is 2.37 bits per heavy atom. The second-order valence-corrected chi connectivity index (χ2v) is 7.05. The molecule has 0 aromatic carbocycles. The van der Waals surface area contributed by atoms with E-state index >= 15 is 0 Å². The molecular formula is C18H16N8S. The summed E-state index contributed by atoms with van der Waals surface area (Å²) in [5.74, 6) is 0.470. The van der Waals surface area contributed by atoms with Crippen LogP contribution in [-0.2, 0) is 0 Å². The van der Waals surface area contributed by atoms with Crippen LogP contribution in [0.3, 0.4) is 0 Å². The van der Waals surface area contributed by atoms with Crippen LogP contribution in [0.4, 0.5) is 0 Å². The largest absolute Gasteiger partial charge is 0.346 e. The quantitative estimate of drug-likeness (QED) is 0.479. The molecular weight excluding hydrogens is 360 g/mol. The Morgan fingerprint density at radius 3 is 3.11 bits per heavy atom. The van der Waals surface area contributed by atoms with Gasteiger partial charge in [0, 0.05) is 41.5 Å². The second kappa shape index (κ2) is 7.09. The number of hydrogen-bond acceptors (Lipinski definition) is 6. The number of H-pyrrole nitrogens is 1. The van der Waals surface area contributed by atoms with Gasteiger partial charge in [-0.25, -0.2) is 15.0 Å². The van der Waals surface area contributed by atoms with Crippen LogP contribution in [-0.4, -0.2) is 44.3 Å². The van der Waals surface area contributed by atoms with E-state index < -0.39 is 0 Å². The van der Waals surface area contributed by atoms with Gasteiger partial charge in [-0.2, -0.15) is 5.26 Å². The summed E-state index contributed by atoms with van der Waals surface area (Å²) < 4.78 is 0. The number of aliphatic imine (C=N–C) groups is 1. The third kappa shape index (κ3) is 3.11. The Bertz CT molecular complexity index is 1070. The molecule has 1 atom stereocenters. The Hall–Kier alpha value is -3.38. The van der Waals surface area contributed by atoms with Gasteiger partial charge in [-0.05, 0) is 18.9 Å². The number of nitriles is 1. The van der Waals surface area contributed by atoms with Crippen LogP contribution < -0.4 is 0 Å². The summed E-state index contributed by atoms with van der Waals surface area (Å²) in [5.41, 5.74) is 1.58. The van der Waals surface area contributed by atoms with Gasteiger partial charge < -0.3 is 15.3 Å². The van der Waals surface area contributed by atoms with Crippen LogP contribution in [0.15, 0.2) is 35.0 Å². The van der Waals surface area contributed by atoms with E-state index in [4.69, 9.17) is 16.1 Å². The summed E-state index contributed by atoms with van der Waals surface area (Å²) in [6.07, 6.45) is 8.07. The van der Waals surface area contributed by atoms with Crippen LogP contribution in [0.5, 0.6) is 0 Å². The first-order valence-corrected chi connectivity index (χ1v) is 9.30. The minimum absolute atomic E-state index is 0.0291. The van der Waals surface area contributed by atoms with Crippen LogP contribution in [0.1, 0.15) is 35.0 Å². The lowest BCUT2D eigenvalue weighted by Gasteiger charge is -2.24. The van der Waals surface area contributed by atoms with E-state index in [0.29, 0.717) is 28.0 Å². The van der Waals surface area contributed by atoms with Gasteiger partial charge in [0.25, 0.3) is 0 Å². The van der Waals surface area contributed by atoms with Gasteiger partial charge in [0.15, 0.2) is 5.84 Å². The maximum absolute atomic E-state index is 9.09. The maximum Gasteiger partial charge on any atom is 0.156 e. The molecule has 1 aliphatic rings. The molecule has 1 saturated heterocycles. The second-order valence-electron chi connectivity index (χ2n) is 6.12. The Morgan fingerprint density at radius 1 is 1.48 bits per heavy atom. The van der Waals surface area contributed by atoms with Gasteiger partial charge in [-0.3, -0.25) is 5.41 Å². The van der Waals surface area contributed by atoms with E-state index in [1.165, 1.54) is 12.4 Å². The molecule has 1 unspecified atom stereocenters. The van der Waals surface area contributed by atoms with Crippen molar-refractivity contribution >= 4 is 40.3 Å². The average molecular weight is 376 g/mol. The van der Waals surface area contributed by atoms with Gasteiger partial charge in [0.1, 0.15) is 22.6 Å². The summed E-state index contributed by atoms with van der Waals surface area (Å²) in [5, 5.41) is 29.0. The SMILES string of the molecule is N#Cc1cnc2[nH]cc(C(=N)N=C(C=N)N3CCCC3c3nccs3)c2c1. The Kier molecular flexibility index (Phi) is 4.48. The number of pyridine rings is 1. The maximum atomic E-state index is 9.09. The monoisotopic (exact) mass is 376 g/mol. The molecule has 27 heavy (non-hydrogen) atoms. The fourth-order valence-electron chi connectivity index (χ4n) is 3.31. The third-order valence-corrected chi connectivity index (χ3v) is 5.43. The summed E-state index contributed by atoms with van der Waals surface area (Å²) in [4.78, 5) is 18.0. The van der Waals surface area contributed by atoms with Crippen LogP contribution in [0.2, 0.25) is 0 Å². The minimum atomic E-state index is 0.0291. The molecule has 3 aromatic heterocycles. The van der Waals surface area contributed by atoms with Crippen molar-refractivity contribution in [3.05, 3.63) is 46.2 Å². The third-order valence-electron chi connectivity index (χ3n) is 4.55. The van der Waals surface area contributed by atoms with Crippen LogP contribution >= 0.6 is 11.3 Å². The van der Waals surface area contributed by atoms with Crippen molar-refractivity contribution in [3.63, 3.8) is 0 Å². The smallest absolute Gasteiger partial charge is 0.156 e. The van der Waals surface area contributed by atoms with Crippen molar-refractivity contribution in [2.45, 2.75) is 18.9 Å². The number of amidine groups is 2. The fourth-order valence-corrected chi connectivity index (χ4v) is 4.10. The lowest BCUT2D eigenvalue weighted by atomic mass is 10.1. The summed E-state index contributed by atoms with van der Waals surface area (Å²) in [6.45, 7) is 0.778. The minimum Gasteiger partial charge on any atom is -0.346 e. The number of likely N-dealkylation sites (tertiary alicyclic amines) is 1. The van der Waals surface area contributed by atoms with Crippen molar-refractivity contribution in [1.29, 1.82) is 16.1 Å². The number of thiazole rings is 1. The average Bonchev–Trinajstić information content (AvgIpc) is 3.44. The number of fused-ring (bicyclic) bond motifs is 1. The van der Waals surface area contributed by atoms with Gasteiger partial charge in [-0.15, -0.1) is 11.3 Å². The van der Waals surface area contributed by atoms with Crippen LogP contribution in [0.25, 0.3) is 11.0 Å². The van der Waals surface area contributed by atoms with E-state index in [0.717, 1.165) is 24.4 Å². The van der Waals surface area contributed by atoms with Gasteiger partial charge in [0.05, 0.1) is 17.8 Å². The number of hydrogen-bond donors (Lipinski definition) is 3. The zero-order valence-electron chi connectivity index (χ0n) is 14.3. The molecule has 0 amide bonds. The van der Waals surface area contributed by atoms with Crippen LogP contribution in [0, 0.1) is 22.1 Å². The van der Waals surface area contributed by atoms with E-state index in [2.05, 4.69) is 26.0 Å². The molecule has 3 aromatic rings. The van der Waals surface area contributed by atoms with E-state index in [1.807, 2.05) is 10.3 Å². The lowest BCUT2D eigenvalue weighted by Crippen LogP contribution is -2.32. The van der Waals surface area contributed by atoms with Gasteiger partial charge in [-0.1, -0.05) is 0 Å². The molecule has 134 valence electrons. The summed E-state index contributed by atoms with van der Waals surface area (Å²) >= 11 is 1.59. The van der Waals surface area contributed by atoms with Crippen molar-refractivity contribution in [2.24, 2.45) is 4.99 Å². The molecule has 4 rings (SSSR count). The zero-order valence-corrected chi connectivity index (χ0v) is 15.1. The molecule has 9 heteroatoms. The number of rotatable bonds is 3. The first-order chi connectivity index (χ1) is 13.2. The standard InChI is InChI=1S/C18H16N8S/c19-7-11-6-12-13(10-24-17(12)23-9-11)16(21)25-15(8-20)26-4-1-2-14(26)18-22-3-5-27-18/h3,5-6,8-10,14,20-21H,1-2,4H2,(H,23,24). The topological polar surface area (TPSA) is 129 Å². The molecule has 3 N–H and O–H groups in total. The van der Waals surface area contributed by atoms with Gasteiger partial charge in [0.2, 0.25) is 0 Å². The van der Waals surface area contributed by atoms with E-state index in [9.17, 15) is 0 Å². The molecule has 0 saturated carbocycles. The number of nitrogens with one attached hydrogen (secondary N) is 3.